The molecule has 2 amide bonds. The number of carbonyl (C=O) groups excluding carboxylic acids is 2. The van der Waals surface area contributed by atoms with Crippen LogP contribution in [0.2, 0.25) is 0 Å². The monoisotopic (exact) mass is 374 g/mol. The number of aromatic hydroxyl groups is 1. The summed E-state index contributed by atoms with van der Waals surface area (Å²) in [5, 5.41) is 9.83. The number of hydrazine groups is 1. The SMILES string of the molecule is CCOc1ccc(OC(C)C(=O)NNC(=O)c2ccc(OC)cc2O)cc1. The molecule has 144 valence electrons. The van der Waals surface area contributed by atoms with Crippen LogP contribution in [0.4, 0.5) is 0 Å². The molecule has 0 fully saturated rings. The van der Waals surface area contributed by atoms with Crippen molar-refractivity contribution in [3.8, 4) is 23.0 Å². The largest absolute Gasteiger partial charge is 0.507 e. The quantitative estimate of drug-likeness (QED) is 0.641. The molecule has 0 radical (unpaired) electrons. The van der Waals surface area contributed by atoms with Gasteiger partial charge in [-0.2, -0.15) is 0 Å². The number of methoxy groups -OCH3 is 1. The summed E-state index contributed by atoms with van der Waals surface area (Å²) in [6.07, 6.45) is -0.854. The van der Waals surface area contributed by atoms with Gasteiger partial charge in [0.2, 0.25) is 0 Å². The molecule has 27 heavy (non-hydrogen) atoms. The molecular weight excluding hydrogens is 352 g/mol. The lowest BCUT2D eigenvalue weighted by molar-refractivity contribution is -0.128. The fourth-order valence-corrected chi connectivity index (χ4v) is 2.16. The van der Waals surface area contributed by atoms with E-state index in [2.05, 4.69) is 10.9 Å². The Morgan fingerprint density at radius 2 is 1.67 bits per heavy atom. The van der Waals surface area contributed by atoms with Crippen LogP contribution in [0.15, 0.2) is 42.5 Å². The lowest BCUT2D eigenvalue weighted by atomic mass is 10.2. The minimum atomic E-state index is -0.854. The van der Waals surface area contributed by atoms with E-state index in [1.165, 1.54) is 25.3 Å². The highest BCUT2D eigenvalue weighted by atomic mass is 16.5. The standard InChI is InChI=1S/C19H22N2O6/c1-4-26-13-5-7-14(8-6-13)27-12(2)18(23)20-21-19(24)16-10-9-15(25-3)11-17(16)22/h5-12,22H,4H2,1-3H3,(H,20,23)(H,21,24). The summed E-state index contributed by atoms with van der Waals surface area (Å²) in [6, 6.07) is 11.0. The molecule has 3 N–H and O–H groups in total. The van der Waals surface area contributed by atoms with E-state index >= 15 is 0 Å². The summed E-state index contributed by atoms with van der Waals surface area (Å²) in [6.45, 7) is 3.99. The number of carbonyl (C=O) groups is 2. The number of phenolic OH excluding ortho intramolecular Hbond substituents is 1. The molecule has 2 aromatic carbocycles. The van der Waals surface area contributed by atoms with Crippen molar-refractivity contribution in [3.05, 3.63) is 48.0 Å². The van der Waals surface area contributed by atoms with Gasteiger partial charge in [0.15, 0.2) is 6.10 Å². The van der Waals surface area contributed by atoms with Crippen molar-refractivity contribution in [3.63, 3.8) is 0 Å². The molecule has 0 spiro atoms. The molecule has 0 aliphatic rings. The number of phenols is 1. The van der Waals surface area contributed by atoms with Gasteiger partial charge in [-0.1, -0.05) is 0 Å². The normalized spacial score (nSPS) is 11.2. The van der Waals surface area contributed by atoms with E-state index in [0.29, 0.717) is 23.9 Å². The fraction of sp³-hybridized carbons (Fsp3) is 0.263. The zero-order valence-electron chi connectivity index (χ0n) is 15.3. The Bertz CT molecular complexity index is 791. The smallest absolute Gasteiger partial charge is 0.279 e. The van der Waals surface area contributed by atoms with Crippen molar-refractivity contribution >= 4 is 11.8 Å². The Kier molecular flexibility index (Phi) is 6.87. The number of benzene rings is 2. The minimum Gasteiger partial charge on any atom is -0.507 e. The van der Waals surface area contributed by atoms with Crippen molar-refractivity contribution in [2.24, 2.45) is 0 Å². The van der Waals surface area contributed by atoms with Gasteiger partial charge >= 0.3 is 0 Å². The Hall–Kier alpha value is -3.42. The van der Waals surface area contributed by atoms with E-state index in [1.807, 2.05) is 6.92 Å². The molecule has 8 heteroatoms. The lowest BCUT2D eigenvalue weighted by Crippen LogP contribution is -2.47. The van der Waals surface area contributed by atoms with Crippen LogP contribution < -0.4 is 25.1 Å². The summed E-state index contributed by atoms with van der Waals surface area (Å²) < 4.78 is 15.8. The fourth-order valence-electron chi connectivity index (χ4n) is 2.16. The van der Waals surface area contributed by atoms with Crippen molar-refractivity contribution in [2.75, 3.05) is 13.7 Å². The summed E-state index contributed by atoms with van der Waals surface area (Å²) in [5.41, 5.74) is 4.48. The number of ether oxygens (including phenoxy) is 3. The van der Waals surface area contributed by atoms with Gasteiger partial charge in [0, 0.05) is 6.07 Å². The maximum absolute atomic E-state index is 12.1. The Morgan fingerprint density at radius 1 is 1.04 bits per heavy atom. The molecular formula is C19H22N2O6. The van der Waals surface area contributed by atoms with Gasteiger partial charge in [-0.3, -0.25) is 20.4 Å². The van der Waals surface area contributed by atoms with Gasteiger partial charge in [0.25, 0.3) is 11.8 Å². The zero-order valence-corrected chi connectivity index (χ0v) is 15.3. The third-order valence-corrected chi connectivity index (χ3v) is 3.57. The molecule has 1 atom stereocenters. The maximum atomic E-state index is 12.1. The predicted octanol–water partition coefficient (Wildman–Crippen LogP) is 2.03. The van der Waals surface area contributed by atoms with Crippen LogP contribution in [-0.4, -0.2) is 36.7 Å². The highest BCUT2D eigenvalue weighted by Gasteiger charge is 2.17. The molecule has 0 aromatic heterocycles. The maximum Gasteiger partial charge on any atom is 0.279 e. The Labute approximate surface area is 157 Å². The van der Waals surface area contributed by atoms with Crippen LogP contribution >= 0.6 is 0 Å². The molecule has 2 aromatic rings. The van der Waals surface area contributed by atoms with Crippen molar-refractivity contribution in [2.45, 2.75) is 20.0 Å². The van der Waals surface area contributed by atoms with E-state index in [-0.39, 0.29) is 11.3 Å². The molecule has 0 heterocycles. The first-order chi connectivity index (χ1) is 12.9. The predicted molar refractivity (Wildman–Crippen MR) is 98.0 cm³/mol. The second kappa shape index (κ2) is 9.33. The highest BCUT2D eigenvalue weighted by Crippen LogP contribution is 2.23. The van der Waals surface area contributed by atoms with Crippen molar-refractivity contribution < 1.29 is 28.9 Å². The van der Waals surface area contributed by atoms with Crippen LogP contribution in [0.1, 0.15) is 24.2 Å². The zero-order chi connectivity index (χ0) is 19.8. The molecule has 1 unspecified atom stereocenters. The highest BCUT2D eigenvalue weighted by molar-refractivity contribution is 5.98. The van der Waals surface area contributed by atoms with Crippen molar-refractivity contribution in [1.82, 2.24) is 10.9 Å². The van der Waals surface area contributed by atoms with Gasteiger partial charge in [-0.05, 0) is 50.2 Å². The van der Waals surface area contributed by atoms with E-state index in [0.717, 1.165) is 0 Å². The number of amides is 2. The van der Waals surface area contributed by atoms with Crippen LogP contribution in [-0.2, 0) is 4.79 Å². The molecule has 0 bridgehead atoms. The van der Waals surface area contributed by atoms with E-state index in [1.54, 1.807) is 31.2 Å². The average Bonchev–Trinajstić information content (AvgIpc) is 2.67. The first kappa shape index (κ1) is 19.9. The summed E-state index contributed by atoms with van der Waals surface area (Å²) in [4.78, 5) is 24.1. The second-order valence-electron chi connectivity index (χ2n) is 5.49. The van der Waals surface area contributed by atoms with Gasteiger partial charge in [0.1, 0.15) is 23.0 Å². The molecule has 8 nitrogen and oxygen atoms in total. The molecule has 0 aliphatic heterocycles. The first-order valence-electron chi connectivity index (χ1n) is 8.31. The van der Waals surface area contributed by atoms with Crippen LogP contribution in [0.5, 0.6) is 23.0 Å². The summed E-state index contributed by atoms with van der Waals surface area (Å²) in [5.74, 6) is 0.112. The number of hydrogen-bond donors (Lipinski definition) is 3. The van der Waals surface area contributed by atoms with E-state index < -0.39 is 17.9 Å². The second-order valence-corrected chi connectivity index (χ2v) is 5.49. The molecule has 2 rings (SSSR count). The van der Waals surface area contributed by atoms with Crippen LogP contribution in [0, 0.1) is 0 Å². The Morgan fingerprint density at radius 3 is 2.26 bits per heavy atom. The molecule has 0 aliphatic carbocycles. The molecule has 0 saturated carbocycles. The van der Waals surface area contributed by atoms with Gasteiger partial charge in [-0.15, -0.1) is 0 Å². The van der Waals surface area contributed by atoms with E-state index in [9.17, 15) is 14.7 Å². The summed E-state index contributed by atoms with van der Waals surface area (Å²) in [7, 11) is 1.44. The van der Waals surface area contributed by atoms with Gasteiger partial charge < -0.3 is 19.3 Å². The van der Waals surface area contributed by atoms with Crippen LogP contribution in [0.25, 0.3) is 0 Å². The lowest BCUT2D eigenvalue weighted by Gasteiger charge is -2.15. The number of rotatable bonds is 7. The minimum absolute atomic E-state index is 0.00353. The third kappa shape index (κ3) is 5.53. The van der Waals surface area contributed by atoms with Gasteiger partial charge in [0.05, 0.1) is 19.3 Å². The van der Waals surface area contributed by atoms with Gasteiger partial charge in [-0.25, -0.2) is 0 Å². The van der Waals surface area contributed by atoms with E-state index in [4.69, 9.17) is 14.2 Å². The van der Waals surface area contributed by atoms with Crippen LogP contribution in [0.3, 0.4) is 0 Å². The summed E-state index contributed by atoms with van der Waals surface area (Å²) >= 11 is 0. The number of nitrogens with one attached hydrogen (secondary N) is 2. The Balaban J connectivity index is 1.87. The molecule has 0 saturated heterocycles. The topological polar surface area (TPSA) is 106 Å². The number of hydrogen-bond acceptors (Lipinski definition) is 6. The van der Waals surface area contributed by atoms with Crippen molar-refractivity contribution in [1.29, 1.82) is 0 Å². The third-order valence-electron chi connectivity index (χ3n) is 3.57. The average molecular weight is 374 g/mol. The first-order valence-corrected chi connectivity index (χ1v) is 8.31.